The van der Waals surface area contributed by atoms with Crippen LogP contribution in [-0.4, -0.2) is 51.4 Å². The van der Waals surface area contributed by atoms with Gasteiger partial charge in [0.25, 0.3) is 10.0 Å². The van der Waals surface area contributed by atoms with Gasteiger partial charge in [0.1, 0.15) is 18.3 Å². The van der Waals surface area contributed by atoms with E-state index in [1.54, 1.807) is 49.4 Å². The zero-order valence-electron chi connectivity index (χ0n) is 24.6. The van der Waals surface area contributed by atoms with Gasteiger partial charge in [-0.2, -0.15) is 0 Å². The first-order chi connectivity index (χ1) is 21.6. The van der Waals surface area contributed by atoms with Crippen LogP contribution < -0.4 is 14.4 Å². The van der Waals surface area contributed by atoms with E-state index in [9.17, 15) is 18.0 Å². The second-order valence-corrected chi connectivity index (χ2v) is 13.1. The van der Waals surface area contributed by atoms with Crippen LogP contribution in [0.2, 0.25) is 15.1 Å². The lowest BCUT2D eigenvalue weighted by atomic mass is 10.0. The van der Waals surface area contributed by atoms with Gasteiger partial charge in [0.2, 0.25) is 11.8 Å². The number of ether oxygens (including phenoxy) is 1. The van der Waals surface area contributed by atoms with Crippen LogP contribution in [0.5, 0.6) is 5.75 Å². The van der Waals surface area contributed by atoms with Gasteiger partial charge in [-0.25, -0.2) is 8.42 Å². The maximum atomic E-state index is 14.5. The molecule has 4 aromatic carbocycles. The molecular formula is C33H32Cl3N3O5S. The van der Waals surface area contributed by atoms with Crippen LogP contribution in [0.4, 0.5) is 5.69 Å². The van der Waals surface area contributed by atoms with E-state index < -0.39 is 34.4 Å². The van der Waals surface area contributed by atoms with E-state index in [0.717, 1.165) is 9.87 Å². The maximum absolute atomic E-state index is 14.5. The highest BCUT2D eigenvalue weighted by molar-refractivity contribution is 7.92. The Morgan fingerprint density at radius 3 is 2.09 bits per heavy atom. The van der Waals surface area contributed by atoms with Crippen molar-refractivity contribution in [2.75, 3.05) is 24.5 Å². The number of sulfonamides is 1. The molecule has 12 heteroatoms. The Kier molecular flexibility index (Phi) is 11.7. The predicted molar refractivity (Wildman–Crippen MR) is 179 cm³/mol. The smallest absolute Gasteiger partial charge is 0.264 e. The summed E-state index contributed by atoms with van der Waals surface area (Å²) in [6.07, 6.45) is 0.145. The molecule has 0 aliphatic heterocycles. The van der Waals surface area contributed by atoms with Crippen molar-refractivity contribution in [3.05, 3.63) is 123 Å². The van der Waals surface area contributed by atoms with Crippen molar-refractivity contribution in [2.24, 2.45) is 0 Å². The number of methoxy groups -OCH3 is 1. The largest absolute Gasteiger partial charge is 0.495 e. The third-order valence-corrected chi connectivity index (χ3v) is 9.75. The lowest BCUT2D eigenvalue weighted by Crippen LogP contribution is -2.53. The molecule has 0 aliphatic carbocycles. The minimum Gasteiger partial charge on any atom is -0.495 e. The van der Waals surface area contributed by atoms with E-state index in [4.69, 9.17) is 39.5 Å². The molecule has 4 aromatic rings. The van der Waals surface area contributed by atoms with Crippen LogP contribution in [0.15, 0.2) is 102 Å². The molecule has 4 rings (SSSR count). The molecule has 0 aromatic heterocycles. The lowest BCUT2D eigenvalue weighted by molar-refractivity contribution is -0.140. The third-order valence-electron chi connectivity index (χ3n) is 7.03. The van der Waals surface area contributed by atoms with Crippen LogP contribution in [0, 0.1) is 0 Å². The summed E-state index contributed by atoms with van der Waals surface area (Å²) >= 11 is 19.4. The standard InChI is InChI=1S/C33H32Cl3N3O5S/c1-3-37-33(41)30(19-23-11-6-4-7-12-23)38(21-26-27(35)15-10-16-28(26)36)32(40)22-39(29-20-24(34)17-18-31(29)44-2)45(42,43)25-13-8-5-9-14-25/h4-18,20,30H,3,19,21-22H2,1-2H3,(H,37,41)/t30-/m1/s1. The number of hydrogen-bond acceptors (Lipinski definition) is 5. The van der Waals surface area contributed by atoms with E-state index >= 15 is 0 Å². The fourth-order valence-corrected chi connectivity index (χ4v) is 6.91. The molecular weight excluding hydrogens is 657 g/mol. The molecule has 0 heterocycles. The Hall–Kier alpha value is -3.76. The van der Waals surface area contributed by atoms with Crippen molar-refractivity contribution in [3.8, 4) is 5.75 Å². The number of carbonyl (C=O) groups excluding carboxylic acids is 2. The van der Waals surface area contributed by atoms with Gasteiger partial charge in [-0.15, -0.1) is 0 Å². The van der Waals surface area contributed by atoms with Gasteiger partial charge in [-0.05, 0) is 55.0 Å². The molecule has 0 saturated heterocycles. The number of halogens is 3. The quantitative estimate of drug-likeness (QED) is 0.170. The zero-order valence-corrected chi connectivity index (χ0v) is 27.7. The van der Waals surface area contributed by atoms with E-state index in [1.165, 1.54) is 36.3 Å². The second-order valence-electron chi connectivity index (χ2n) is 9.96. The fraction of sp³-hybridized carbons (Fsp3) is 0.212. The fourth-order valence-electron chi connectivity index (χ4n) is 4.79. The molecule has 0 unspecified atom stereocenters. The Morgan fingerprint density at radius 1 is 0.867 bits per heavy atom. The van der Waals surface area contributed by atoms with Crippen molar-refractivity contribution in [3.63, 3.8) is 0 Å². The molecule has 1 N–H and O–H groups in total. The third kappa shape index (κ3) is 8.29. The van der Waals surface area contributed by atoms with Gasteiger partial charge >= 0.3 is 0 Å². The topological polar surface area (TPSA) is 96.0 Å². The van der Waals surface area contributed by atoms with Crippen molar-refractivity contribution >= 4 is 62.3 Å². The highest BCUT2D eigenvalue weighted by Crippen LogP contribution is 2.35. The highest BCUT2D eigenvalue weighted by atomic mass is 35.5. The number of likely N-dealkylation sites (N-methyl/N-ethyl adjacent to an activating group) is 1. The number of anilines is 1. The molecule has 0 spiro atoms. The molecule has 2 amide bonds. The molecule has 0 bridgehead atoms. The van der Waals surface area contributed by atoms with Crippen LogP contribution in [0.1, 0.15) is 18.1 Å². The molecule has 0 radical (unpaired) electrons. The summed E-state index contributed by atoms with van der Waals surface area (Å²) in [5, 5.41) is 3.63. The molecule has 0 aliphatic rings. The first-order valence-electron chi connectivity index (χ1n) is 14.0. The van der Waals surface area contributed by atoms with Crippen molar-refractivity contribution < 1.29 is 22.7 Å². The average molecular weight is 689 g/mol. The van der Waals surface area contributed by atoms with Crippen LogP contribution in [0.25, 0.3) is 0 Å². The normalized spacial score (nSPS) is 11.8. The summed E-state index contributed by atoms with van der Waals surface area (Å²) in [5.74, 6) is -0.924. The second kappa shape index (κ2) is 15.5. The van der Waals surface area contributed by atoms with Gasteiger partial charge in [0.05, 0.1) is 17.7 Å². The molecule has 1 atom stereocenters. The Labute approximate surface area is 278 Å². The molecule has 0 saturated carbocycles. The van der Waals surface area contributed by atoms with E-state index in [2.05, 4.69) is 5.32 Å². The number of nitrogens with one attached hydrogen (secondary N) is 1. The van der Waals surface area contributed by atoms with Crippen molar-refractivity contribution in [2.45, 2.75) is 30.8 Å². The number of hydrogen-bond donors (Lipinski definition) is 1. The minimum absolute atomic E-state index is 0.0508. The number of benzene rings is 4. The minimum atomic E-state index is -4.34. The van der Waals surface area contributed by atoms with Crippen LogP contribution in [0.3, 0.4) is 0 Å². The molecule has 45 heavy (non-hydrogen) atoms. The van der Waals surface area contributed by atoms with Crippen molar-refractivity contribution in [1.82, 2.24) is 10.2 Å². The summed E-state index contributed by atoms with van der Waals surface area (Å²) in [4.78, 5) is 29.4. The number of nitrogens with zero attached hydrogens (tertiary/aromatic N) is 2. The number of rotatable bonds is 13. The maximum Gasteiger partial charge on any atom is 0.264 e. The van der Waals surface area contributed by atoms with E-state index in [1.807, 2.05) is 30.3 Å². The van der Waals surface area contributed by atoms with Crippen LogP contribution in [-0.2, 0) is 32.6 Å². The average Bonchev–Trinajstić information content (AvgIpc) is 3.03. The Morgan fingerprint density at radius 2 is 1.49 bits per heavy atom. The summed E-state index contributed by atoms with van der Waals surface area (Å²) in [6.45, 7) is 1.22. The summed E-state index contributed by atoms with van der Waals surface area (Å²) in [6, 6.07) is 25.3. The van der Waals surface area contributed by atoms with E-state index in [0.29, 0.717) is 22.2 Å². The Bertz CT molecular complexity index is 1720. The summed E-state index contributed by atoms with van der Waals surface area (Å²) in [7, 11) is -2.95. The van der Waals surface area contributed by atoms with Gasteiger partial charge in [0.15, 0.2) is 0 Å². The van der Waals surface area contributed by atoms with Gasteiger partial charge < -0.3 is 15.0 Å². The molecule has 0 fully saturated rings. The van der Waals surface area contributed by atoms with Crippen LogP contribution >= 0.6 is 34.8 Å². The lowest BCUT2D eigenvalue weighted by Gasteiger charge is -2.34. The van der Waals surface area contributed by atoms with E-state index in [-0.39, 0.29) is 34.3 Å². The monoisotopic (exact) mass is 687 g/mol. The SMILES string of the molecule is CCNC(=O)[C@@H](Cc1ccccc1)N(Cc1c(Cl)cccc1Cl)C(=O)CN(c1cc(Cl)ccc1OC)S(=O)(=O)c1ccccc1. The first kappa shape index (κ1) is 34.1. The zero-order chi connectivity index (χ0) is 32.6. The summed E-state index contributed by atoms with van der Waals surface area (Å²) in [5.41, 5.74) is 1.26. The molecule has 236 valence electrons. The van der Waals surface area contributed by atoms with Gasteiger partial charge in [-0.1, -0.05) is 89.4 Å². The van der Waals surface area contributed by atoms with Gasteiger partial charge in [0, 0.05) is 40.1 Å². The predicted octanol–water partition coefficient (Wildman–Crippen LogP) is 6.63. The highest BCUT2D eigenvalue weighted by Gasteiger charge is 2.36. The number of amides is 2. The van der Waals surface area contributed by atoms with Gasteiger partial charge in [-0.3, -0.25) is 13.9 Å². The summed E-state index contributed by atoms with van der Waals surface area (Å²) < 4.78 is 34.8. The first-order valence-corrected chi connectivity index (χ1v) is 16.6. The Balaban J connectivity index is 1.87. The number of carbonyl (C=O) groups is 2. The van der Waals surface area contributed by atoms with Crippen molar-refractivity contribution in [1.29, 1.82) is 0 Å². The molecule has 8 nitrogen and oxygen atoms in total.